The molecule has 104 valence electrons. The van der Waals surface area contributed by atoms with Gasteiger partial charge in [-0.25, -0.2) is 0 Å². The quantitative estimate of drug-likeness (QED) is 0.415. The monoisotopic (exact) mass is 268 g/mol. The standard InChI is InChI=1S/C15H28O2Si/c1-9-10-12(2)14(13(3)11-16)17-18(7,8)15(4,5)6/h1,11-14H,10H2,2-8H3/t12-,13+,14-/m0/s1. The van der Waals surface area contributed by atoms with Crippen molar-refractivity contribution in [3.05, 3.63) is 0 Å². The van der Waals surface area contributed by atoms with Gasteiger partial charge in [0.25, 0.3) is 0 Å². The second-order valence-electron chi connectivity index (χ2n) is 6.72. The highest BCUT2D eigenvalue weighted by Gasteiger charge is 2.41. The van der Waals surface area contributed by atoms with Crippen LogP contribution in [0.15, 0.2) is 0 Å². The molecule has 0 saturated carbocycles. The van der Waals surface area contributed by atoms with E-state index in [0.29, 0.717) is 6.42 Å². The molecular formula is C15H28O2Si. The Morgan fingerprint density at radius 1 is 1.33 bits per heavy atom. The Balaban J connectivity index is 5.02. The van der Waals surface area contributed by atoms with E-state index in [9.17, 15) is 4.79 Å². The smallest absolute Gasteiger partial charge is 0.192 e. The van der Waals surface area contributed by atoms with Gasteiger partial charge in [0.05, 0.1) is 6.10 Å². The number of hydrogen-bond donors (Lipinski definition) is 0. The van der Waals surface area contributed by atoms with Crippen molar-refractivity contribution in [2.75, 3.05) is 0 Å². The molecule has 0 fully saturated rings. The highest BCUT2D eigenvalue weighted by molar-refractivity contribution is 6.74. The molecular weight excluding hydrogens is 240 g/mol. The van der Waals surface area contributed by atoms with Gasteiger partial charge in [-0.3, -0.25) is 0 Å². The van der Waals surface area contributed by atoms with Crippen LogP contribution in [-0.4, -0.2) is 20.7 Å². The van der Waals surface area contributed by atoms with Crippen LogP contribution in [0.3, 0.4) is 0 Å². The number of carbonyl (C=O) groups excluding carboxylic acids is 1. The molecule has 2 nitrogen and oxygen atoms in total. The molecule has 0 heterocycles. The van der Waals surface area contributed by atoms with Crippen LogP contribution in [-0.2, 0) is 9.22 Å². The van der Waals surface area contributed by atoms with Crippen molar-refractivity contribution in [1.29, 1.82) is 0 Å². The lowest BCUT2D eigenvalue weighted by molar-refractivity contribution is -0.114. The molecule has 3 atom stereocenters. The van der Waals surface area contributed by atoms with E-state index >= 15 is 0 Å². The third kappa shape index (κ3) is 4.59. The van der Waals surface area contributed by atoms with Gasteiger partial charge in [0, 0.05) is 12.3 Å². The lowest BCUT2D eigenvalue weighted by atomic mass is 9.92. The van der Waals surface area contributed by atoms with Gasteiger partial charge in [0.2, 0.25) is 0 Å². The summed E-state index contributed by atoms with van der Waals surface area (Å²) >= 11 is 0. The molecule has 0 unspecified atom stereocenters. The van der Waals surface area contributed by atoms with Crippen molar-refractivity contribution >= 4 is 14.6 Å². The molecule has 0 rings (SSSR count). The summed E-state index contributed by atoms with van der Waals surface area (Å²) in [6.07, 6.45) is 6.93. The molecule has 18 heavy (non-hydrogen) atoms. The van der Waals surface area contributed by atoms with E-state index in [1.54, 1.807) is 0 Å². The second kappa shape index (κ2) is 6.54. The summed E-state index contributed by atoms with van der Waals surface area (Å²) in [7, 11) is -1.87. The minimum Gasteiger partial charge on any atom is -0.413 e. The molecule has 0 aromatic carbocycles. The highest BCUT2D eigenvalue weighted by Crippen LogP contribution is 2.39. The maximum Gasteiger partial charge on any atom is 0.192 e. The summed E-state index contributed by atoms with van der Waals surface area (Å²) in [4.78, 5) is 11.1. The molecule has 0 spiro atoms. The molecule has 0 amide bonds. The Labute approximate surface area is 114 Å². The number of carbonyl (C=O) groups is 1. The Morgan fingerprint density at radius 2 is 1.83 bits per heavy atom. The summed E-state index contributed by atoms with van der Waals surface area (Å²) < 4.78 is 6.38. The van der Waals surface area contributed by atoms with E-state index in [0.717, 1.165) is 6.29 Å². The van der Waals surface area contributed by atoms with E-state index in [-0.39, 0.29) is 23.0 Å². The topological polar surface area (TPSA) is 26.3 Å². The van der Waals surface area contributed by atoms with E-state index < -0.39 is 8.32 Å². The van der Waals surface area contributed by atoms with Gasteiger partial charge >= 0.3 is 0 Å². The fourth-order valence-electron chi connectivity index (χ4n) is 1.64. The maximum atomic E-state index is 11.1. The third-order valence-corrected chi connectivity index (χ3v) is 8.44. The maximum absolute atomic E-state index is 11.1. The van der Waals surface area contributed by atoms with Crippen molar-refractivity contribution in [3.63, 3.8) is 0 Å². The van der Waals surface area contributed by atoms with Crippen LogP contribution in [0.1, 0.15) is 41.0 Å². The molecule has 3 heteroatoms. The molecule has 0 N–H and O–H groups in total. The van der Waals surface area contributed by atoms with Gasteiger partial charge in [-0.1, -0.05) is 34.6 Å². The van der Waals surface area contributed by atoms with Gasteiger partial charge in [0.1, 0.15) is 6.29 Å². The van der Waals surface area contributed by atoms with E-state index in [2.05, 4.69) is 46.7 Å². The zero-order valence-electron chi connectivity index (χ0n) is 12.9. The first-order valence-electron chi connectivity index (χ1n) is 6.63. The lowest BCUT2D eigenvalue weighted by Gasteiger charge is -2.41. The Kier molecular flexibility index (Phi) is 6.32. The fraction of sp³-hybridized carbons (Fsp3) is 0.800. The van der Waals surface area contributed by atoms with Crippen molar-refractivity contribution in [2.45, 2.75) is 65.3 Å². The minimum absolute atomic E-state index is 0.0700. The predicted molar refractivity (Wildman–Crippen MR) is 79.9 cm³/mol. The second-order valence-corrected chi connectivity index (χ2v) is 11.5. The van der Waals surface area contributed by atoms with Crippen molar-refractivity contribution in [2.24, 2.45) is 11.8 Å². The van der Waals surface area contributed by atoms with Crippen LogP contribution in [0.5, 0.6) is 0 Å². The molecule has 0 saturated heterocycles. The Bertz CT molecular complexity index is 309. The molecule has 0 aliphatic carbocycles. The van der Waals surface area contributed by atoms with Crippen LogP contribution < -0.4 is 0 Å². The van der Waals surface area contributed by atoms with Gasteiger partial charge in [0.15, 0.2) is 8.32 Å². The molecule has 0 radical (unpaired) electrons. The number of hydrogen-bond acceptors (Lipinski definition) is 2. The van der Waals surface area contributed by atoms with Gasteiger partial charge in [-0.05, 0) is 24.1 Å². The van der Waals surface area contributed by atoms with E-state index in [1.807, 2.05) is 6.92 Å². The molecule has 0 aromatic heterocycles. The van der Waals surface area contributed by atoms with E-state index in [1.165, 1.54) is 0 Å². The fourth-order valence-corrected chi connectivity index (χ4v) is 3.12. The summed E-state index contributed by atoms with van der Waals surface area (Å²) in [5.41, 5.74) is 0. The van der Waals surface area contributed by atoms with Gasteiger partial charge in [-0.2, -0.15) is 0 Å². The van der Waals surface area contributed by atoms with Crippen LogP contribution in [0.4, 0.5) is 0 Å². The summed E-state index contributed by atoms with van der Waals surface area (Å²) in [6.45, 7) is 15.0. The van der Waals surface area contributed by atoms with Crippen LogP contribution in [0, 0.1) is 24.2 Å². The van der Waals surface area contributed by atoms with Crippen molar-refractivity contribution in [1.82, 2.24) is 0 Å². The number of rotatable bonds is 6. The summed E-state index contributed by atoms with van der Waals surface area (Å²) in [5, 5.41) is 0.143. The first-order valence-corrected chi connectivity index (χ1v) is 9.54. The zero-order chi connectivity index (χ0) is 14.6. The molecule has 0 aliphatic heterocycles. The first-order chi connectivity index (χ1) is 8.06. The zero-order valence-corrected chi connectivity index (χ0v) is 13.9. The van der Waals surface area contributed by atoms with Crippen molar-refractivity contribution in [3.8, 4) is 12.3 Å². The summed E-state index contributed by atoms with van der Waals surface area (Å²) in [6, 6.07) is 0. The lowest BCUT2D eigenvalue weighted by Crippen LogP contribution is -2.47. The van der Waals surface area contributed by atoms with Crippen molar-refractivity contribution < 1.29 is 9.22 Å². The van der Waals surface area contributed by atoms with Gasteiger partial charge in [-0.15, -0.1) is 12.3 Å². The third-order valence-electron chi connectivity index (χ3n) is 3.97. The van der Waals surface area contributed by atoms with Crippen LogP contribution >= 0.6 is 0 Å². The van der Waals surface area contributed by atoms with Crippen LogP contribution in [0.25, 0.3) is 0 Å². The summed E-state index contributed by atoms with van der Waals surface area (Å²) in [5.74, 6) is 2.77. The predicted octanol–water partition coefficient (Wildman–Crippen LogP) is 3.87. The average molecular weight is 268 g/mol. The minimum atomic E-state index is -1.87. The van der Waals surface area contributed by atoms with E-state index in [4.69, 9.17) is 10.8 Å². The largest absolute Gasteiger partial charge is 0.413 e. The first kappa shape index (κ1) is 17.4. The Hall–Kier alpha value is -0.593. The molecule has 0 bridgehead atoms. The van der Waals surface area contributed by atoms with Gasteiger partial charge < -0.3 is 9.22 Å². The Morgan fingerprint density at radius 3 is 2.17 bits per heavy atom. The molecule has 0 aliphatic rings. The highest BCUT2D eigenvalue weighted by atomic mass is 28.4. The van der Waals surface area contributed by atoms with Crippen LogP contribution in [0.2, 0.25) is 18.1 Å². The SMILES string of the molecule is C#CC[C@H](C)[C@H](O[Si](C)(C)C(C)(C)C)[C@H](C)C=O. The number of terminal acetylenes is 1. The average Bonchev–Trinajstić information content (AvgIpc) is 2.23. The number of aldehydes is 1. The normalized spacial score (nSPS) is 17.7. The molecule has 0 aromatic rings.